The van der Waals surface area contributed by atoms with Crippen LogP contribution in [0.25, 0.3) is 0 Å². The van der Waals surface area contributed by atoms with Gasteiger partial charge in [0.2, 0.25) is 5.91 Å². The molecule has 3 rings (SSSR count). The van der Waals surface area contributed by atoms with Crippen LogP contribution < -0.4 is 4.90 Å². The minimum atomic E-state index is -0.219. The molecule has 0 saturated carbocycles. The molecular formula is C22H29N3O. The Balaban J connectivity index is 1.70. The topological polar surface area (TPSA) is 26.8 Å². The Morgan fingerprint density at radius 1 is 0.923 bits per heavy atom. The highest BCUT2D eigenvalue weighted by Gasteiger charge is 2.30. The van der Waals surface area contributed by atoms with Crippen LogP contribution in [-0.4, -0.2) is 56.0 Å². The van der Waals surface area contributed by atoms with Crippen LogP contribution in [-0.2, 0) is 4.79 Å². The molecule has 1 heterocycles. The summed E-state index contributed by atoms with van der Waals surface area (Å²) in [6, 6.07) is 16.3. The number of amides is 1. The number of likely N-dealkylation sites (N-methyl/N-ethyl adjacent to an activating group) is 1. The Hall–Kier alpha value is -2.33. The molecule has 138 valence electrons. The number of hydrogen-bond donors (Lipinski definition) is 0. The van der Waals surface area contributed by atoms with Gasteiger partial charge < -0.3 is 9.80 Å². The van der Waals surface area contributed by atoms with Gasteiger partial charge in [0.1, 0.15) is 6.04 Å². The Morgan fingerprint density at radius 2 is 1.58 bits per heavy atom. The fourth-order valence-corrected chi connectivity index (χ4v) is 3.72. The van der Waals surface area contributed by atoms with E-state index in [1.807, 2.05) is 54.2 Å². The van der Waals surface area contributed by atoms with Crippen molar-refractivity contribution in [3.8, 4) is 0 Å². The maximum Gasteiger partial charge on any atom is 0.244 e. The maximum atomic E-state index is 13.2. The molecule has 0 aromatic heterocycles. The monoisotopic (exact) mass is 351 g/mol. The average molecular weight is 351 g/mol. The van der Waals surface area contributed by atoms with E-state index in [1.165, 1.54) is 16.8 Å². The van der Waals surface area contributed by atoms with E-state index in [0.717, 1.165) is 31.7 Å². The first-order chi connectivity index (χ1) is 12.5. The third-order valence-corrected chi connectivity index (χ3v) is 5.37. The predicted octanol–water partition coefficient (Wildman–Crippen LogP) is 3.25. The first kappa shape index (κ1) is 18.5. The SMILES string of the molecule is Cc1cccc(N2CCN(C(=O)C(c3ccccc3)N(C)C)CC2)c1C. The van der Waals surface area contributed by atoms with Gasteiger partial charge in [-0.15, -0.1) is 0 Å². The summed E-state index contributed by atoms with van der Waals surface area (Å²) in [4.78, 5) is 19.6. The molecule has 0 N–H and O–H groups in total. The molecule has 1 atom stereocenters. The zero-order chi connectivity index (χ0) is 18.7. The molecular weight excluding hydrogens is 322 g/mol. The van der Waals surface area contributed by atoms with E-state index >= 15 is 0 Å². The molecule has 0 spiro atoms. The molecule has 0 radical (unpaired) electrons. The van der Waals surface area contributed by atoms with Crippen molar-refractivity contribution in [3.05, 3.63) is 65.2 Å². The molecule has 1 amide bonds. The molecule has 2 aromatic rings. The van der Waals surface area contributed by atoms with Crippen molar-refractivity contribution in [1.29, 1.82) is 0 Å². The highest BCUT2D eigenvalue weighted by Crippen LogP contribution is 2.26. The minimum absolute atomic E-state index is 0.196. The first-order valence-corrected chi connectivity index (χ1v) is 9.30. The molecule has 1 aliphatic rings. The second-order valence-electron chi connectivity index (χ2n) is 7.31. The van der Waals surface area contributed by atoms with Crippen LogP contribution in [0, 0.1) is 13.8 Å². The number of rotatable bonds is 4. The number of carbonyl (C=O) groups excluding carboxylic acids is 1. The molecule has 0 bridgehead atoms. The quantitative estimate of drug-likeness (QED) is 0.846. The van der Waals surface area contributed by atoms with Crippen LogP contribution in [0.5, 0.6) is 0 Å². The van der Waals surface area contributed by atoms with E-state index in [4.69, 9.17) is 0 Å². The highest BCUT2D eigenvalue weighted by atomic mass is 16.2. The Labute approximate surface area is 157 Å². The molecule has 1 aliphatic heterocycles. The van der Waals surface area contributed by atoms with Gasteiger partial charge in [-0.2, -0.15) is 0 Å². The Kier molecular flexibility index (Phi) is 5.62. The van der Waals surface area contributed by atoms with Gasteiger partial charge in [0.25, 0.3) is 0 Å². The van der Waals surface area contributed by atoms with Gasteiger partial charge in [-0.3, -0.25) is 9.69 Å². The third kappa shape index (κ3) is 3.75. The van der Waals surface area contributed by atoms with Gasteiger partial charge in [0, 0.05) is 31.9 Å². The summed E-state index contributed by atoms with van der Waals surface area (Å²) in [7, 11) is 3.95. The predicted molar refractivity (Wildman–Crippen MR) is 108 cm³/mol. The van der Waals surface area contributed by atoms with E-state index in [9.17, 15) is 4.79 Å². The summed E-state index contributed by atoms with van der Waals surface area (Å²) in [5.74, 6) is 0.196. The maximum absolute atomic E-state index is 13.2. The van der Waals surface area contributed by atoms with Crippen LogP contribution in [0.3, 0.4) is 0 Å². The van der Waals surface area contributed by atoms with Crippen LogP contribution in [0.2, 0.25) is 0 Å². The van der Waals surface area contributed by atoms with Gasteiger partial charge in [0.15, 0.2) is 0 Å². The van der Waals surface area contributed by atoms with Gasteiger partial charge in [-0.25, -0.2) is 0 Å². The molecule has 26 heavy (non-hydrogen) atoms. The summed E-state index contributed by atoms with van der Waals surface area (Å²) in [5.41, 5.74) is 5.00. The summed E-state index contributed by atoms with van der Waals surface area (Å²) < 4.78 is 0. The Bertz CT molecular complexity index is 749. The number of benzene rings is 2. The number of hydrogen-bond acceptors (Lipinski definition) is 3. The number of anilines is 1. The largest absolute Gasteiger partial charge is 0.368 e. The van der Waals surface area contributed by atoms with Crippen molar-refractivity contribution in [2.24, 2.45) is 0 Å². The van der Waals surface area contributed by atoms with Crippen molar-refractivity contribution in [2.75, 3.05) is 45.2 Å². The second-order valence-corrected chi connectivity index (χ2v) is 7.31. The van der Waals surface area contributed by atoms with Crippen LogP contribution in [0.4, 0.5) is 5.69 Å². The average Bonchev–Trinajstić information content (AvgIpc) is 2.65. The second kappa shape index (κ2) is 7.92. The van der Waals surface area contributed by atoms with E-state index in [0.29, 0.717) is 0 Å². The van der Waals surface area contributed by atoms with Crippen molar-refractivity contribution >= 4 is 11.6 Å². The molecule has 4 heteroatoms. The lowest BCUT2D eigenvalue weighted by Crippen LogP contribution is -2.51. The number of carbonyl (C=O) groups is 1. The molecule has 1 fully saturated rings. The Morgan fingerprint density at radius 3 is 2.19 bits per heavy atom. The van der Waals surface area contributed by atoms with E-state index in [1.54, 1.807) is 0 Å². The summed E-state index contributed by atoms with van der Waals surface area (Å²) >= 11 is 0. The van der Waals surface area contributed by atoms with Crippen LogP contribution >= 0.6 is 0 Å². The van der Waals surface area contributed by atoms with E-state index in [-0.39, 0.29) is 11.9 Å². The smallest absolute Gasteiger partial charge is 0.244 e. The van der Waals surface area contributed by atoms with Crippen LogP contribution in [0.1, 0.15) is 22.7 Å². The molecule has 2 aromatic carbocycles. The van der Waals surface area contributed by atoms with Crippen molar-refractivity contribution in [2.45, 2.75) is 19.9 Å². The molecule has 0 aliphatic carbocycles. The zero-order valence-corrected chi connectivity index (χ0v) is 16.3. The number of piperazine rings is 1. The van der Waals surface area contributed by atoms with E-state index < -0.39 is 0 Å². The van der Waals surface area contributed by atoms with Gasteiger partial charge in [-0.1, -0.05) is 42.5 Å². The molecule has 1 saturated heterocycles. The minimum Gasteiger partial charge on any atom is -0.368 e. The summed E-state index contributed by atoms with van der Waals surface area (Å²) in [5, 5.41) is 0. The lowest BCUT2D eigenvalue weighted by molar-refractivity contribution is -0.136. The fraction of sp³-hybridized carbons (Fsp3) is 0.409. The van der Waals surface area contributed by atoms with Crippen molar-refractivity contribution in [3.63, 3.8) is 0 Å². The zero-order valence-electron chi connectivity index (χ0n) is 16.3. The van der Waals surface area contributed by atoms with Crippen molar-refractivity contribution in [1.82, 2.24) is 9.80 Å². The lowest BCUT2D eigenvalue weighted by atomic mass is 10.0. The van der Waals surface area contributed by atoms with E-state index in [2.05, 4.69) is 36.9 Å². The highest BCUT2D eigenvalue weighted by molar-refractivity contribution is 5.83. The first-order valence-electron chi connectivity index (χ1n) is 9.30. The summed E-state index contributed by atoms with van der Waals surface area (Å²) in [6.07, 6.45) is 0. The van der Waals surface area contributed by atoms with Crippen molar-refractivity contribution < 1.29 is 4.79 Å². The standard InChI is InChI=1S/C22H29N3O/c1-17-9-8-12-20(18(17)2)24-13-15-25(16-14-24)22(26)21(23(3)4)19-10-6-5-7-11-19/h5-12,21H,13-16H2,1-4H3. The molecule has 1 unspecified atom stereocenters. The number of aryl methyl sites for hydroxylation is 1. The summed E-state index contributed by atoms with van der Waals surface area (Å²) in [6.45, 7) is 7.63. The molecule has 4 nitrogen and oxygen atoms in total. The lowest BCUT2D eigenvalue weighted by Gasteiger charge is -2.39. The fourth-order valence-electron chi connectivity index (χ4n) is 3.72. The third-order valence-electron chi connectivity index (χ3n) is 5.37. The normalized spacial score (nSPS) is 16.0. The van der Waals surface area contributed by atoms with Gasteiger partial charge in [0.05, 0.1) is 0 Å². The van der Waals surface area contributed by atoms with Crippen LogP contribution in [0.15, 0.2) is 48.5 Å². The van der Waals surface area contributed by atoms with Gasteiger partial charge >= 0.3 is 0 Å². The number of nitrogens with zero attached hydrogens (tertiary/aromatic N) is 3. The van der Waals surface area contributed by atoms with Gasteiger partial charge in [-0.05, 0) is 50.7 Å².